The normalized spacial score (nSPS) is 36.0. The Labute approximate surface area is 111 Å². The lowest BCUT2D eigenvalue weighted by atomic mass is 9.70. The van der Waals surface area contributed by atoms with E-state index in [0.29, 0.717) is 5.41 Å². The van der Waals surface area contributed by atoms with Crippen molar-refractivity contribution in [1.29, 1.82) is 0 Å². The largest absolute Gasteiger partial charge is 0.319 e. The number of rotatable bonds is 4. The third-order valence-electron chi connectivity index (χ3n) is 4.55. The zero-order chi connectivity index (χ0) is 12.1. The third-order valence-corrected chi connectivity index (χ3v) is 5.49. The van der Waals surface area contributed by atoms with Crippen molar-refractivity contribution in [2.75, 3.05) is 44.7 Å². The molecule has 1 aliphatic carbocycles. The maximum Gasteiger partial charge on any atom is 0.00729 e. The summed E-state index contributed by atoms with van der Waals surface area (Å²) in [4.78, 5) is 2.71. The Morgan fingerprint density at radius 1 is 1.24 bits per heavy atom. The summed E-state index contributed by atoms with van der Waals surface area (Å²) in [5, 5.41) is 3.45. The van der Waals surface area contributed by atoms with Gasteiger partial charge in [0.25, 0.3) is 0 Å². The standard InChI is InChI=1S/C14H28N2S/c1-13-3-5-14(6-4-13,11-15-2)12-16-7-9-17-10-8-16/h13,15H,3-12H2,1-2H3. The van der Waals surface area contributed by atoms with Crippen LogP contribution in [0.15, 0.2) is 0 Å². The Bertz CT molecular complexity index is 218. The predicted molar refractivity (Wildman–Crippen MR) is 77.8 cm³/mol. The molecule has 1 heterocycles. The van der Waals surface area contributed by atoms with Crippen molar-refractivity contribution in [3.05, 3.63) is 0 Å². The molecular weight excluding hydrogens is 228 g/mol. The lowest BCUT2D eigenvalue weighted by molar-refractivity contribution is 0.0934. The third kappa shape index (κ3) is 3.87. The van der Waals surface area contributed by atoms with Gasteiger partial charge in [-0.2, -0.15) is 11.8 Å². The van der Waals surface area contributed by atoms with Crippen molar-refractivity contribution >= 4 is 11.8 Å². The first-order valence-corrected chi connectivity index (χ1v) is 8.34. The lowest BCUT2D eigenvalue weighted by Gasteiger charge is -2.43. The van der Waals surface area contributed by atoms with Crippen LogP contribution in [0.3, 0.4) is 0 Å². The van der Waals surface area contributed by atoms with Gasteiger partial charge in [0.2, 0.25) is 0 Å². The van der Waals surface area contributed by atoms with E-state index < -0.39 is 0 Å². The molecule has 1 saturated heterocycles. The van der Waals surface area contributed by atoms with Crippen LogP contribution in [0.25, 0.3) is 0 Å². The van der Waals surface area contributed by atoms with Gasteiger partial charge in [-0.05, 0) is 31.2 Å². The van der Waals surface area contributed by atoms with E-state index in [1.807, 2.05) is 0 Å². The van der Waals surface area contributed by atoms with Crippen LogP contribution >= 0.6 is 11.8 Å². The van der Waals surface area contributed by atoms with Crippen LogP contribution in [0.5, 0.6) is 0 Å². The van der Waals surface area contributed by atoms with E-state index in [9.17, 15) is 0 Å². The average molecular weight is 256 g/mol. The van der Waals surface area contributed by atoms with Crippen LogP contribution in [0.4, 0.5) is 0 Å². The van der Waals surface area contributed by atoms with Crippen LogP contribution in [0.1, 0.15) is 32.6 Å². The van der Waals surface area contributed by atoms with Crippen LogP contribution in [0, 0.1) is 11.3 Å². The van der Waals surface area contributed by atoms with Crippen LogP contribution in [0.2, 0.25) is 0 Å². The number of hydrogen-bond donors (Lipinski definition) is 1. The van der Waals surface area contributed by atoms with Crippen molar-refractivity contribution in [2.45, 2.75) is 32.6 Å². The molecule has 1 saturated carbocycles. The van der Waals surface area contributed by atoms with E-state index in [1.165, 1.54) is 63.4 Å². The minimum Gasteiger partial charge on any atom is -0.319 e. The topological polar surface area (TPSA) is 15.3 Å². The minimum atomic E-state index is 0.573. The summed E-state index contributed by atoms with van der Waals surface area (Å²) in [5.74, 6) is 3.63. The molecule has 2 aliphatic rings. The number of thioether (sulfide) groups is 1. The van der Waals surface area contributed by atoms with Crippen molar-refractivity contribution < 1.29 is 0 Å². The molecule has 2 fully saturated rings. The fourth-order valence-corrected chi connectivity index (χ4v) is 4.35. The van der Waals surface area contributed by atoms with Crippen LogP contribution in [-0.4, -0.2) is 49.6 Å². The molecular formula is C14H28N2S. The monoisotopic (exact) mass is 256 g/mol. The van der Waals surface area contributed by atoms with Gasteiger partial charge in [-0.1, -0.05) is 19.8 Å². The first-order chi connectivity index (χ1) is 8.24. The molecule has 0 unspecified atom stereocenters. The van der Waals surface area contributed by atoms with Gasteiger partial charge < -0.3 is 10.2 Å². The van der Waals surface area contributed by atoms with E-state index in [0.717, 1.165) is 5.92 Å². The van der Waals surface area contributed by atoms with Crippen molar-refractivity contribution in [3.63, 3.8) is 0 Å². The van der Waals surface area contributed by atoms with E-state index >= 15 is 0 Å². The molecule has 0 aromatic carbocycles. The number of hydrogen-bond acceptors (Lipinski definition) is 3. The second-order valence-electron chi connectivity index (χ2n) is 6.10. The molecule has 0 radical (unpaired) electrons. The number of nitrogens with one attached hydrogen (secondary N) is 1. The summed E-state index contributed by atoms with van der Waals surface area (Å²) in [7, 11) is 2.12. The highest BCUT2D eigenvalue weighted by atomic mass is 32.2. The molecule has 2 rings (SSSR count). The Morgan fingerprint density at radius 2 is 1.88 bits per heavy atom. The SMILES string of the molecule is CNCC1(CN2CCSCC2)CCC(C)CC1. The van der Waals surface area contributed by atoms with Crippen molar-refractivity contribution in [1.82, 2.24) is 10.2 Å². The molecule has 0 aromatic heterocycles. The summed E-state index contributed by atoms with van der Waals surface area (Å²) < 4.78 is 0. The summed E-state index contributed by atoms with van der Waals surface area (Å²) in [6.45, 7) is 7.59. The first-order valence-electron chi connectivity index (χ1n) is 7.19. The summed E-state index contributed by atoms with van der Waals surface area (Å²) in [6, 6.07) is 0. The molecule has 3 heteroatoms. The molecule has 0 bridgehead atoms. The minimum absolute atomic E-state index is 0.573. The summed E-state index contributed by atoms with van der Waals surface area (Å²) in [5.41, 5.74) is 0.573. The summed E-state index contributed by atoms with van der Waals surface area (Å²) >= 11 is 2.12. The lowest BCUT2D eigenvalue weighted by Crippen LogP contribution is -2.47. The first kappa shape index (κ1) is 13.7. The highest BCUT2D eigenvalue weighted by Gasteiger charge is 2.35. The molecule has 0 amide bonds. The quantitative estimate of drug-likeness (QED) is 0.832. The fourth-order valence-electron chi connectivity index (χ4n) is 3.37. The zero-order valence-electron chi connectivity index (χ0n) is 11.5. The van der Waals surface area contributed by atoms with Gasteiger partial charge in [-0.3, -0.25) is 0 Å². The van der Waals surface area contributed by atoms with Crippen LogP contribution < -0.4 is 5.32 Å². The Hall–Kier alpha value is 0.270. The highest BCUT2D eigenvalue weighted by molar-refractivity contribution is 7.99. The Morgan fingerprint density at radius 3 is 2.47 bits per heavy atom. The van der Waals surface area contributed by atoms with E-state index in [4.69, 9.17) is 0 Å². The van der Waals surface area contributed by atoms with Crippen molar-refractivity contribution in [3.8, 4) is 0 Å². The second kappa shape index (κ2) is 6.44. The van der Waals surface area contributed by atoms with Gasteiger partial charge in [-0.25, -0.2) is 0 Å². The molecule has 0 atom stereocenters. The van der Waals surface area contributed by atoms with Gasteiger partial charge in [0.1, 0.15) is 0 Å². The Kier molecular flexibility index (Phi) is 5.19. The highest BCUT2D eigenvalue weighted by Crippen LogP contribution is 2.39. The molecule has 1 aliphatic heterocycles. The van der Waals surface area contributed by atoms with E-state index in [2.05, 4.69) is 35.9 Å². The zero-order valence-corrected chi connectivity index (χ0v) is 12.3. The molecule has 2 nitrogen and oxygen atoms in total. The second-order valence-corrected chi connectivity index (χ2v) is 7.33. The summed E-state index contributed by atoms with van der Waals surface area (Å²) in [6.07, 6.45) is 5.73. The maximum absolute atomic E-state index is 3.45. The average Bonchev–Trinajstić information content (AvgIpc) is 2.35. The van der Waals surface area contributed by atoms with Crippen LogP contribution in [-0.2, 0) is 0 Å². The number of nitrogens with zero attached hydrogens (tertiary/aromatic N) is 1. The van der Waals surface area contributed by atoms with Gasteiger partial charge in [0.05, 0.1) is 0 Å². The molecule has 0 aromatic rings. The van der Waals surface area contributed by atoms with E-state index in [-0.39, 0.29) is 0 Å². The van der Waals surface area contributed by atoms with Gasteiger partial charge in [0, 0.05) is 37.7 Å². The smallest absolute Gasteiger partial charge is 0.00729 e. The fraction of sp³-hybridized carbons (Fsp3) is 1.00. The Balaban J connectivity index is 1.90. The van der Waals surface area contributed by atoms with Gasteiger partial charge in [-0.15, -0.1) is 0 Å². The van der Waals surface area contributed by atoms with Crippen molar-refractivity contribution in [2.24, 2.45) is 11.3 Å². The molecule has 17 heavy (non-hydrogen) atoms. The molecule has 0 spiro atoms. The molecule has 1 N–H and O–H groups in total. The van der Waals surface area contributed by atoms with E-state index in [1.54, 1.807) is 0 Å². The van der Waals surface area contributed by atoms with Gasteiger partial charge in [0.15, 0.2) is 0 Å². The maximum atomic E-state index is 3.45. The molecule has 100 valence electrons. The predicted octanol–water partition coefficient (Wildman–Crippen LogP) is 2.45. The van der Waals surface area contributed by atoms with Gasteiger partial charge >= 0.3 is 0 Å².